The molecule has 0 aliphatic rings. The molecule has 0 aliphatic carbocycles. The Hall–Kier alpha value is -2.93. The number of aryl methyl sites for hydroxylation is 2. The normalized spacial score (nSPS) is 10.4. The van der Waals surface area contributed by atoms with Gasteiger partial charge >= 0.3 is 0 Å². The average Bonchev–Trinajstić information content (AvgIpc) is 2.94. The minimum atomic E-state index is 0.377. The molecule has 0 bridgehead atoms. The predicted octanol–water partition coefficient (Wildman–Crippen LogP) is 3.35. The molecule has 0 aliphatic heterocycles. The molecule has 0 spiro atoms. The Morgan fingerprint density at radius 1 is 1.05 bits per heavy atom. The van der Waals surface area contributed by atoms with Crippen molar-refractivity contribution in [3.63, 3.8) is 0 Å². The van der Waals surface area contributed by atoms with Gasteiger partial charge < -0.3 is 0 Å². The van der Waals surface area contributed by atoms with Crippen LogP contribution < -0.4 is 0 Å². The van der Waals surface area contributed by atoms with Crippen molar-refractivity contribution in [2.24, 2.45) is 0 Å². The first kappa shape index (κ1) is 14.0. The van der Waals surface area contributed by atoms with E-state index in [-0.39, 0.29) is 0 Å². The smallest absolute Gasteiger partial charge is 0.186 e. The zero-order chi connectivity index (χ0) is 15.5. The first-order valence-electron chi connectivity index (χ1n) is 7.15. The first-order valence-corrected chi connectivity index (χ1v) is 7.15. The van der Waals surface area contributed by atoms with E-state index < -0.39 is 0 Å². The number of benzene rings is 2. The third-order valence-corrected chi connectivity index (χ3v) is 3.82. The van der Waals surface area contributed by atoms with Crippen molar-refractivity contribution in [1.82, 2.24) is 15.0 Å². The molecule has 1 aromatic heterocycles. The Labute approximate surface area is 129 Å². The molecule has 1 heterocycles. The van der Waals surface area contributed by atoms with Gasteiger partial charge in [-0.15, -0.1) is 5.10 Å². The van der Waals surface area contributed by atoms with E-state index in [1.54, 1.807) is 4.68 Å². The predicted molar refractivity (Wildman–Crippen MR) is 84.8 cm³/mol. The number of hydrogen-bond acceptors (Lipinski definition) is 3. The molecule has 0 saturated heterocycles. The molecular weight excluding hydrogens is 272 g/mol. The summed E-state index contributed by atoms with van der Waals surface area (Å²) >= 11 is 0. The summed E-state index contributed by atoms with van der Waals surface area (Å²) in [6.45, 7) is 4.14. The first-order chi connectivity index (χ1) is 10.7. The topological polar surface area (TPSA) is 54.5 Å². The lowest BCUT2D eigenvalue weighted by Gasteiger charge is -2.09. The molecule has 22 heavy (non-hydrogen) atoms. The lowest BCUT2D eigenvalue weighted by Crippen LogP contribution is -2.04. The fourth-order valence-electron chi connectivity index (χ4n) is 2.40. The second-order valence-corrected chi connectivity index (χ2v) is 5.34. The molecule has 0 amide bonds. The molecule has 2 aromatic carbocycles. The monoisotopic (exact) mass is 288 g/mol. The lowest BCUT2D eigenvalue weighted by atomic mass is 10.1. The lowest BCUT2D eigenvalue weighted by molar-refractivity contribution is 0.771. The SMILES string of the molecule is Cc1ccc(-n2nnc(C#N)c2Cc2ccccc2)cc1C. The second kappa shape index (κ2) is 5.82. The number of rotatable bonds is 3. The summed E-state index contributed by atoms with van der Waals surface area (Å²) < 4.78 is 1.76. The molecule has 3 rings (SSSR count). The summed E-state index contributed by atoms with van der Waals surface area (Å²) in [6, 6.07) is 18.3. The zero-order valence-corrected chi connectivity index (χ0v) is 12.6. The molecule has 4 nitrogen and oxygen atoms in total. The van der Waals surface area contributed by atoms with Gasteiger partial charge in [-0.3, -0.25) is 0 Å². The Kier molecular flexibility index (Phi) is 3.71. The Bertz CT molecular complexity index is 841. The van der Waals surface area contributed by atoms with Crippen molar-refractivity contribution < 1.29 is 0 Å². The highest BCUT2D eigenvalue weighted by molar-refractivity contribution is 5.42. The van der Waals surface area contributed by atoms with Crippen molar-refractivity contribution in [3.05, 3.63) is 76.6 Å². The van der Waals surface area contributed by atoms with Gasteiger partial charge in [0.1, 0.15) is 6.07 Å². The van der Waals surface area contributed by atoms with Gasteiger partial charge in [-0.05, 0) is 42.7 Å². The van der Waals surface area contributed by atoms with Gasteiger partial charge in [-0.2, -0.15) is 5.26 Å². The number of nitrogens with zero attached hydrogens (tertiary/aromatic N) is 4. The quantitative estimate of drug-likeness (QED) is 0.742. The van der Waals surface area contributed by atoms with E-state index in [0.29, 0.717) is 12.1 Å². The van der Waals surface area contributed by atoms with Gasteiger partial charge in [-0.1, -0.05) is 41.6 Å². The molecule has 0 saturated carbocycles. The highest BCUT2D eigenvalue weighted by Gasteiger charge is 2.15. The highest BCUT2D eigenvalue weighted by Crippen LogP contribution is 2.19. The summed E-state index contributed by atoms with van der Waals surface area (Å²) in [6.07, 6.45) is 0.629. The summed E-state index contributed by atoms with van der Waals surface area (Å²) in [4.78, 5) is 0. The molecular formula is C18H16N4. The van der Waals surface area contributed by atoms with Gasteiger partial charge in [-0.25, -0.2) is 4.68 Å². The fourth-order valence-corrected chi connectivity index (χ4v) is 2.40. The summed E-state index contributed by atoms with van der Waals surface area (Å²) in [5.41, 5.74) is 5.68. The molecule has 3 aromatic rings. The molecule has 0 atom stereocenters. The van der Waals surface area contributed by atoms with Crippen LogP contribution in [0.2, 0.25) is 0 Å². The minimum absolute atomic E-state index is 0.377. The zero-order valence-electron chi connectivity index (χ0n) is 12.6. The van der Waals surface area contributed by atoms with Crippen molar-refractivity contribution in [3.8, 4) is 11.8 Å². The van der Waals surface area contributed by atoms with Crippen LogP contribution in [-0.4, -0.2) is 15.0 Å². The number of aromatic nitrogens is 3. The number of hydrogen-bond donors (Lipinski definition) is 0. The summed E-state index contributed by atoms with van der Waals surface area (Å²) in [5, 5.41) is 17.5. The van der Waals surface area contributed by atoms with E-state index in [1.165, 1.54) is 11.1 Å². The Balaban J connectivity index is 2.07. The van der Waals surface area contributed by atoms with Gasteiger partial charge in [0.05, 0.1) is 11.4 Å². The molecule has 108 valence electrons. The summed E-state index contributed by atoms with van der Waals surface area (Å²) in [7, 11) is 0. The van der Waals surface area contributed by atoms with E-state index in [9.17, 15) is 5.26 Å². The van der Waals surface area contributed by atoms with Gasteiger partial charge in [0.15, 0.2) is 5.69 Å². The van der Waals surface area contributed by atoms with Crippen LogP contribution in [0.3, 0.4) is 0 Å². The fraction of sp³-hybridized carbons (Fsp3) is 0.167. The van der Waals surface area contributed by atoms with Crippen molar-refractivity contribution in [2.75, 3.05) is 0 Å². The average molecular weight is 288 g/mol. The standard InChI is InChI=1S/C18H16N4/c1-13-8-9-16(10-14(13)2)22-18(17(12-19)20-21-22)11-15-6-4-3-5-7-15/h3-10H,11H2,1-2H3. The maximum Gasteiger partial charge on any atom is 0.186 e. The van der Waals surface area contributed by atoms with Crippen LogP contribution in [0.4, 0.5) is 0 Å². The largest absolute Gasteiger partial charge is 0.216 e. The molecule has 0 radical (unpaired) electrons. The maximum atomic E-state index is 9.29. The van der Waals surface area contributed by atoms with Crippen molar-refractivity contribution in [2.45, 2.75) is 20.3 Å². The van der Waals surface area contributed by atoms with E-state index in [2.05, 4.69) is 42.4 Å². The van der Waals surface area contributed by atoms with Crippen LogP contribution in [0.1, 0.15) is 28.1 Å². The van der Waals surface area contributed by atoms with Gasteiger partial charge in [0.25, 0.3) is 0 Å². The van der Waals surface area contributed by atoms with E-state index >= 15 is 0 Å². The molecule has 0 fully saturated rings. The molecule has 0 unspecified atom stereocenters. The third-order valence-electron chi connectivity index (χ3n) is 3.82. The van der Waals surface area contributed by atoms with Crippen LogP contribution >= 0.6 is 0 Å². The maximum absolute atomic E-state index is 9.29. The van der Waals surface area contributed by atoms with E-state index in [1.807, 2.05) is 36.4 Å². The van der Waals surface area contributed by atoms with Gasteiger partial charge in [0, 0.05) is 6.42 Å². The summed E-state index contributed by atoms with van der Waals surface area (Å²) in [5.74, 6) is 0. The van der Waals surface area contributed by atoms with Crippen LogP contribution in [0.5, 0.6) is 0 Å². The van der Waals surface area contributed by atoms with Crippen LogP contribution in [0.15, 0.2) is 48.5 Å². The number of nitriles is 1. The minimum Gasteiger partial charge on any atom is -0.216 e. The Morgan fingerprint density at radius 2 is 1.82 bits per heavy atom. The van der Waals surface area contributed by atoms with Crippen molar-refractivity contribution in [1.29, 1.82) is 5.26 Å². The van der Waals surface area contributed by atoms with Crippen molar-refractivity contribution >= 4 is 0 Å². The van der Waals surface area contributed by atoms with E-state index in [0.717, 1.165) is 16.9 Å². The van der Waals surface area contributed by atoms with Gasteiger partial charge in [0.2, 0.25) is 0 Å². The highest BCUT2D eigenvalue weighted by atomic mass is 15.4. The van der Waals surface area contributed by atoms with Crippen LogP contribution in [0, 0.1) is 25.2 Å². The third kappa shape index (κ3) is 2.61. The van der Waals surface area contributed by atoms with E-state index in [4.69, 9.17) is 0 Å². The molecule has 0 N–H and O–H groups in total. The molecule has 4 heteroatoms. The second-order valence-electron chi connectivity index (χ2n) is 5.34. The Morgan fingerprint density at radius 3 is 2.50 bits per heavy atom. The van der Waals surface area contributed by atoms with Crippen LogP contribution in [0.25, 0.3) is 5.69 Å². The van der Waals surface area contributed by atoms with Crippen LogP contribution in [-0.2, 0) is 6.42 Å².